The van der Waals surface area contributed by atoms with Crippen molar-refractivity contribution in [2.75, 3.05) is 5.32 Å². The second-order valence-corrected chi connectivity index (χ2v) is 5.73. The molecule has 0 aliphatic carbocycles. The van der Waals surface area contributed by atoms with Crippen molar-refractivity contribution in [3.05, 3.63) is 45.2 Å². The molecule has 0 unspecified atom stereocenters. The number of halogens is 2. The number of benzene rings is 1. The third-order valence-corrected chi connectivity index (χ3v) is 4.12. The van der Waals surface area contributed by atoms with Crippen molar-refractivity contribution in [2.24, 2.45) is 7.05 Å². The van der Waals surface area contributed by atoms with Crippen LogP contribution in [-0.4, -0.2) is 15.7 Å². The third kappa shape index (κ3) is 3.57. The summed E-state index contributed by atoms with van der Waals surface area (Å²) in [6, 6.07) is 5.12. The van der Waals surface area contributed by atoms with Gasteiger partial charge in [-0.2, -0.15) is 5.10 Å². The highest BCUT2D eigenvalue weighted by Crippen LogP contribution is 2.30. The first-order valence-corrected chi connectivity index (χ1v) is 7.38. The molecule has 1 N–H and O–H groups in total. The zero-order valence-corrected chi connectivity index (χ0v) is 13.7. The molecule has 1 amide bonds. The Morgan fingerprint density at radius 1 is 1.29 bits per heavy atom. The summed E-state index contributed by atoms with van der Waals surface area (Å²) in [6.45, 7) is 3.95. The van der Waals surface area contributed by atoms with Crippen LogP contribution in [0.2, 0.25) is 10.0 Å². The maximum absolute atomic E-state index is 12.1. The molecular formula is C15H17Cl2N3O. The van der Waals surface area contributed by atoms with E-state index >= 15 is 0 Å². The van der Waals surface area contributed by atoms with Gasteiger partial charge in [-0.15, -0.1) is 0 Å². The van der Waals surface area contributed by atoms with Gasteiger partial charge in [0.2, 0.25) is 5.91 Å². The van der Waals surface area contributed by atoms with Crippen LogP contribution in [0.3, 0.4) is 0 Å². The van der Waals surface area contributed by atoms with Crippen molar-refractivity contribution in [3.63, 3.8) is 0 Å². The lowest BCUT2D eigenvalue weighted by Crippen LogP contribution is -2.13. The monoisotopic (exact) mass is 325 g/mol. The van der Waals surface area contributed by atoms with Crippen molar-refractivity contribution in [3.8, 4) is 0 Å². The fourth-order valence-corrected chi connectivity index (χ4v) is 2.73. The minimum atomic E-state index is -0.118. The lowest BCUT2D eigenvalue weighted by Gasteiger charge is -2.09. The Balaban J connectivity index is 2.03. The van der Waals surface area contributed by atoms with E-state index in [9.17, 15) is 4.79 Å². The second kappa shape index (κ2) is 6.50. The molecule has 2 rings (SSSR count). The van der Waals surface area contributed by atoms with E-state index in [0.29, 0.717) is 28.6 Å². The fourth-order valence-electron chi connectivity index (χ4n) is 2.24. The predicted octanol–water partition coefficient (Wildman–Crippen LogP) is 3.92. The van der Waals surface area contributed by atoms with Crippen LogP contribution in [0, 0.1) is 13.8 Å². The number of anilines is 1. The van der Waals surface area contributed by atoms with Gasteiger partial charge >= 0.3 is 0 Å². The van der Waals surface area contributed by atoms with E-state index in [2.05, 4.69) is 10.4 Å². The number of aryl methyl sites for hydroxylation is 2. The Morgan fingerprint density at radius 3 is 2.43 bits per heavy atom. The third-order valence-electron chi connectivity index (χ3n) is 3.49. The number of hydrogen-bond donors (Lipinski definition) is 1. The van der Waals surface area contributed by atoms with Gasteiger partial charge in [0.05, 0.1) is 21.4 Å². The number of para-hydroxylation sites is 1. The maximum atomic E-state index is 12.1. The van der Waals surface area contributed by atoms with Crippen LogP contribution in [-0.2, 0) is 18.3 Å². The number of hydrogen-bond acceptors (Lipinski definition) is 2. The van der Waals surface area contributed by atoms with Gasteiger partial charge < -0.3 is 5.32 Å². The number of amides is 1. The molecule has 0 saturated heterocycles. The number of rotatable bonds is 4. The summed E-state index contributed by atoms with van der Waals surface area (Å²) in [4.78, 5) is 12.1. The van der Waals surface area contributed by atoms with E-state index < -0.39 is 0 Å². The van der Waals surface area contributed by atoms with Crippen LogP contribution in [0.25, 0.3) is 0 Å². The van der Waals surface area contributed by atoms with Crippen molar-refractivity contribution in [2.45, 2.75) is 26.7 Å². The minimum absolute atomic E-state index is 0.118. The SMILES string of the molecule is Cc1nn(C)c(C)c1CCC(=O)Nc1c(Cl)cccc1Cl. The highest BCUT2D eigenvalue weighted by Gasteiger charge is 2.13. The van der Waals surface area contributed by atoms with Crippen molar-refractivity contribution in [1.82, 2.24) is 9.78 Å². The minimum Gasteiger partial charge on any atom is -0.324 e. The summed E-state index contributed by atoms with van der Waals surface area (Å²) >= 11 is 12.1. The summed E-state index contributed by atoms with van der Waals surface area (Å²) in [6.07, 6.45) is 0.994. The topological polar surface area (TPSA) is 46.9 Å². The molecule has 21 heavy (non-hydrogen) atoms. The summed E-state index contributed by atoms with van der Waals surface area (Å²) in [5, 5.41) is 7.98. The molecule has 0 aliphatic heterocycles. The van der Waals surface area contributed by atoms with Crippen LogP contribution in [0.1, 0.15) is 23.4 Å². The number of carbonyl (C=O) groups is 1. The molecule has 0 saturated carbocycles. The van der Waals surface area contributed by atoms with E-state index in [1.54, 1.807) is 18.2 Å². The lowest BCUT2D eigenvalue weighted by atomic mass is 10.1. The van der Waals surface area contributed by atoms with Crippen molar-refractivity contribution in [1.29, 1.82) is 0 Å². The molecule has 0 aliphatic rings. The Bertz CT molecular complexity index is 660. The largest absolute Gasteiger partial charge is 0.324 e. The molecule has 2 aromatic rings. The Kier molecular flexibility index (Phi) is 4.91. The van der Waals surface area contributed by atoms with Gasteiger partial charge in [0.1, 0.15) is 0 Å². The first-order valence-electron chi connectivity index (χ1n) is 6.63. The predicted molar refractivity (Wildman–Crippen MR) is 86.1 cm³/mol. The Labute approximate surface area is 134 Å². The molecule has 0 fully saturated rings. The average molecular weight is 326 g/mol. The first-order chi connectivity index (χ1) is 9.90. The molecule has 112 valence electrons. The summed E-state index contributed by atoms with van der Waals surface area (Å²) in [5.41, 5.74) is 3.61. The zero-order chi connectivity index (χ0) is 15.6. The van der Waals surface area contributed by atoms with E-state index in [1.807, 2.05) is 25.6 Å². The molecule has 0 atom stereocenters. The average Bonchev–Trinajstić information content (AvgIpc) is 2.66. The molecule has 0 bridgehead atoms. The maximum Gasteiger partial charge on any atom is 0.224 e. The molecular weight excluding hydrogens is 309 g/mol. The van der Waals surface area contributed by atoms with Gasteiger partial charge in [-0.1, -0.05) is 29.3 Å². The Hall–Kier alpha value is -1.52. The molecule has 1 aromatic heterocycles. The van der Waals surface area contributed by atoms with Crippen molar-refractivity contribution < 1.29 is 4.79 Å². The molecule has 1 heterocycles. The van der Waals surface area contributed by atoms with Gasteiger partial charge in [0.25, 0.3) is 0 Å². The van der Waals surface area contributed by atoms with Gasteiger partial charge in [-0.25, -0.2) is 0 Å². The summed E-state index contributed by atoms with van der Waals surface area (Å²) < 4.78 is 1.83. The van der Waals surface area contributed by atoms with E-state index in [0.717, 1.165) is 17.0 Å². The van der Waals surface area contributed by atoms with Crippen molar-refractivity contribution >= 4 is 34.8 Å². The van der Waals surface area contributed by atoms with Crippen LogP contribution in [0.15, 0.2) is 18.2 Å². The van der Waals surface area contributed by atoms with E-state index in [1.165, 1.54) is 0 Å². The standard InChI is InChI=1S/C15H17Cl2N3O/c1-9-11(10(2)20(3)19-9)7-8-14(21)18-15-12(16)5-4-6-13(15)17/h4-6H,7-8H2,1-3H3,(H,18,21). The molecule has 4 nitrogen and oxygen atoms in total. The Morgan fingerprint density at radius 2 is 1.90 bits per heavy atom. The second-order valence-electron chi connectivity index (χ2n) is 4.92. The summed E-state index contributed by atoms with van der Waals surface area (Å²) in [7, 11) is 1.90. The lowest BCUT2D eigenvalue weighted by molar-refractivity contribution is -0.116. The van der Waals surface area contributed by atoms with Gasteiger partial charge in [0, 0.05) is 19.2 Å². The molecule has 0 radical (unpaired) electrons. The van der Waals surface area contributed by atoms with Gasteiger partial charge in [-0.05, 0) is 38.0 Å². The smallest absolute Gasteiger partial charge is 0.224 e. The summed E-state index contributed by atoms with van der Waals surface area (Å²) in [5.74, 6) is -0.118. The fraction of sp³-hybridized carbons (Fsp3) is 0.333. The van der Waals surface area contributed by atoms with Crippen LogP contribution in [0.5, 0.6) is 0 Å². The van der Waals surface area contributed by atoms with Crippen LogP contribution < -0.4 is 5.32 Å². The van der Waals surface area contributed by atoms with E-state index in [4.69, 9.17) is 23.2 Å². The molecule has 1 aromatic carbocycles. The molecule has 6 heteroatoms. The first kappa shape index (κ1) is 15.9. The number of nitrogens with one attached hydrogen (secondary N) is 1. The highest BCUT2D eigenvalue weighted by molar-refractivity contribution is 6.39. The molecule has 0 spiro atoms. The van der Waals surface area contributed by atoms with Crippen LogP contribution >= 0.6 is 23.2 Å². The normalized spacial score (nSPS) is 10.7. The zero-order valence-electron chi connectivity index (χ0n) is 12.2. The number of carbonyl (C=O) groups excluding carboxylic acids is 1. The highest BCUT2D eigenvalue weighted by atomic mass is 35.5. The number of nitrogens with zero attached hydrogens (tertiary/aromatic N) is 2. The number of aromatic nitrogens is 2. The van der Waals surface area contributed by atoms with E-state index in [-0.39, 0.29) is 5.91 Å². The van der Waals surface area contributed by atoms with Crippen LogP contribution in [0.4, 0.5) is 5.69 Å². The quantitative estimate of drug-likeness (QED) is 0.926. The van der Waals surface area contributed by atoms with Gasteiger partial charge in [0.15, 0.2) is 0 Å². The van der Waals surface area contributed by atoms with Gasteiger partial charge in [-0.3, -0.25) is 9.48 Å².